The van der Waals surface area contributed by atoms with Crippen LogP contribution >= 0.6 is 0 Å². The van der Waals surface area contributed by atoms with E-state index in [-0.39, 0.29) is 18.9 Å². The van der Waals surface area contributed by atoms with Crippen LogP contribution in [0.15, 0.2) is 127 Å². The summed E-state index contributed by atoms with van der Waals surface area (Å²) in [4.78, 5) is 63.3. The van der Waals surface area contributed by atoms with E-state index in [1.54, 1.807) is 29.0 Å². The molecule has 0 saturated carbocycles. The highest BCUT2D eigenvalue weighted by Crippen LogP contribution is 2.57. The number of fused-ring (bicyclic) bond motifs is 3. The third-order valence-electron chi connectivity index (χ3n) is 11.6. The number of ether oxygens (including phenoxy) is 2. The average Bonchev–Trinajstić information content (AvgIpc) is 3.85. The summed E-state index contributed by atoms with van der Waals surface area (Å²) in [5.74, 6) is -3.87. The van der Waals surface area contributed by atoms with Crippen molar-refractivity contribution in [3.8, 4) is 0 Å². The highest BCUT2D eigenvalue weighted by Gasteiger charge is 2.74. The van der Waals surface area contributed by atoms with E-state index in [0.29, 0.717) is 23.2 Å². The van der Waals surface area contributed by atoms with E-state index in [4.69, 9.17) is 9.47 Å². The molecule has 4 aliphatic rings. The Morgan fingerprint density at radius 3 is 2.30 bits per heavy atom. The van der Waals surface area contributed by atoms with Gasteiger partial charge in [0.25, 0.3) is 5.91 Å². The van der Waals surface area contributed by atoms with E-state index >= 15 is 9.59 Å². The van der Waals surface area contributed by atoms with Gasteiger partial charge in [0.05, 0.1) is 30.7 Å². The second-order valence-electron chi connectivity index (χ2n) is 14.6. The maximum atomic E-state index is 15.4. The quantitative estimate of drug-likeness (QED) is 0.212. The molecule has 2 fully saturated rings. The van der Waals surface area contributed by atoms with Gasteiger partial charge >= 0.3 is 5.97 Å². The standard InChI is InChI=1S/C44H43N3O7/c1-28-39(31-17-8-4-9-18-31)53-43(52)37-35-23-24-44(54-35)38(37)41(50)47(34(27-48)30-15-6-3-7-16-30)40(44)42(51)46(25-13-5-10-20-36(49)45(28)2)33-22-21-29-14-11-12-19-32(29)26-33/h3-9,11-19,21-24,26,28,34-35,37-40,48H,10,20,25,27H2,1-2H3/b13-5-/t28-,34-,35+,37-,38-,39+,40+,44-/m1/s1. The van der Waals surface area contributed by atoms with Gasteiger partial charge in [0.15, 0.2) is 0 Å². The Bertz CT molecular complexity index is 2140. The van der Waals surface area contributed by atoms with Gasteiger partial charge in [-0.25, -0.2) is 0 Å². The summed E-state index contributed by atoms with van der Waals surface area (Å²) < 4.78 is 13.1. The van der Waals surface area contributed by atoms with E-state index in [1.807, 2.05) is 122 Å². The summed E-state index contributed by atoms with van der Waals surface area (Å²) in [6, 6.07) is 29.3. The van der Waals surface area contributed by atoms with Crippen LogP contribution in [-0.2, 0) is 28.7 Å². The smallest absolute Gasteiger partial charge is 0.313 e. The molecule has 0 unspecified atom stereocenters. The van der Waals surface area contributed by atoms with Crippen LogP contribution in [0.2, 0.25) is 0 Å². The molecule has 4 aromatic rings. The van der Waals surface area contributed by atoms with Crippen LogP contribution in [0.4, 0.5) is 5.69 Å². The van der Waals surface area contributed by atoms with Crippen LogP contribution in [0.5, 0.6) is 0 Å². The Morgan fingerprint density at radius 1 is 0.852 bits per heavy atom. The molecule has 4 heterocycles. The highest BCUT2D eigenvalue weighted by atomic mass is 16.6. The number of cyclic esters (lactones) is 1. The van der Waals surface area contributed by atoms with Crippen LogP contribution in [0, 0.1) is 11.8 Å². The average molecular weight is 726 g/mol. The molecular weight excluding hydrogens is 682 g/mol. The number of rotatable bonds is 5. The third-order valence-corrected chi connectivity index (χ3v) is 11.6. The molecule has 10 heteroatoms. The molecule has 1 N–H and O–H groups in total. The predicted molar refractivity (Wildman–Crippen MR) is 203 cm³/mol. The number of likely N-dealkylation sites (tertiary alicyclic amines) is 1. The minimum absolute atomic E-state index is 0.123. The van der Waals surface area contributed by atoms with Crippen molar-refractivity contribution in [3.05, 3.63) is 139 Å². The molecule has 4 aromatic carbocycles. The molecule has 276 valence electrons. The number of carbonyl (C=O) groups is 4. The minimum atomic E-state index is -1.52. The molecule has 4 aliphatic heterocycles. The molecule has 3 amide bonds. The number of hydrogen-bond donors (Lipinski definition) is 1. The highest BCUT2D eigenvalue weighted by molar-refractivity contribution is 6.06. The lowest BCUT2D eigenvalue weighted by Gasteiger charge is -2.39. The topological polar surface area (TPSA) is 117 Å². The zero-order valence-electron chi connectivity index (χ0n) is 30.2. The van der Waals surface area contributed by atoms with Gasteiger partial charge in [-0.05, 0) is 47.4 Å². The summed E-state index contributed by atoms with van der Waals surface area (Å²) in [5.41, 5.74) is 0.438. The molecule has 54 heavy (non-hydrogen) atoms. The zero-order valence-corrected chi connectivity index (χ0v) is 30.2. The van der Waals surface area contributed by atoms with E-state index in [0.717, 1.165) is 10.8 Å². The number of benzene rings is 4. The summed E-state index contributed by atoms with van der Waals surface area (Å²) in [6.45, 7) is 1.52. The molecule has 10 nitrogen and oxygen atoms in total. The van der Waals surface area contributed by atoms with Crippen LogP contribution in [-0.4, -0.2) is 82.6 Å². The minimum Gasteiger partial charge on any atom is -0.455 e. The number of allylic oxidation sites excluding steroid dienone is 1. The van der Waals surface area contributed by atoms with Crippen molar-refractivity contribution in [1.29, 1.82) is 0 Å². The number of esters is 1. The number of aliphatic hydroxyl groups excluding tert-OH is 1. The van der Waals surface area contributed by atoms with Crippen molar-refractivity contribution in [1.82, 2.24) is 9.80 Å². The van der Waals surface area contributed by atoms with Crippen molar-refractivity contribution in [2.24, 2.45) is 11.8 Å². The first-order chi connectivity index (χ1) is 26.2. The number of hydrogen-bond acceptors (Lipinski definition) is 7. The fourth-order valence-electron chi connectivity index (χ4n) is 8.74. The van der Waals surface area contributed by atoms with Gasteiger partial charge in [-0.2, -0.15) is 0 Å². The lowest BCUT2D eigenvalue weighted by Crippen LogP contribution is -2.57. The summed E-state index contributed by atoms with van der Waals surface area (Å²) in [5, 5.41) is 12.9. The largest absolute Gasteiger partial charge is 0.455 e. The van der Waals surface area contributed by atoms with Crippen molar-refractivity contribution >= 4 is 40.2 Å². The summed E-state index contributed by atoms with van der Waals surface area (Å²) in [7, 11) is 1.70. The number of nitrogens with zero attached hydrogens (tertiary/aromatic N) is 3. The second kappa shape index (κ2) is 14.3. The molecular formula is C44H43N3O7. The maximum Gasteiger partial charge on any atom is 0.313 e. The fourth-order valence-corrected chi connectivity index (χ4v) is 8.74. The second-order valence-corrected chi connectivity index (χ2v) is 14.6. The van der Waals surface area contributed by atoms with E-state index < -0.39 is 72.2 Å². The lowest BCUT2D eigenvalue weighted by atomic mass is 9.74. The first-order valence-electron chi connectivity index (χ1n) is 18.5. The number of likely N-dealkylation sites (N-methyl/N-ethyl adjacent to an activating group) is 1. The lowest BCUT2D eigenvalue weighted by molar-refractivity contribution is -0.164. The van der Waals surface area contributed by atoms with E-state index in [9.17, 15) is 14.7 Å². The predicted octanol–water partition coefficient (Wildman–Crippen LogP) is 5.54. The van der Waals surface area contributed by atoms with Gasteiger partial charge in [0.1, 0.15) is 23.7 Å². The van der Waals surface area contributed by atoms with Gasteiger partial charge in [0, 0.05) is 25.7 Å². The Balaban J connectivity index is 1.28. The third kappa shape index (κ3) is 5.90. The maximum absolute atomic E-state index is 15.4. The molecule has 8 rings (SSSR count). The van der Waals surface area contributed by atoms with Gasteiger partial charge in [-0.15, -0.1) is 0 Å². The van der Waals surface area contributed by atoms with Gasteiger partial charge in [-0.3, -0.25) is 19.2 Å². The molecule has 8 atom stereocenters. The molecule has 0 radical (unpaired) electrons. The van der Waals surface area contributed by atoms with Gasteiger partial charge in [-0.1, -0.05) is 115 Å². The number of amides is 3. The molecule has 5 bridgehead atoms. The normalized spacial score (nSPS) is 29.8. The first kappa shape index (κ1) is 35.4. The van der Waals surface area contributed by atoms with Crippen LogP contribution < -0.4 is 4.90 Å². The van der Waals surface area contributed by atoms with Crippen LogP contribution in [0.1, 0.15) is 43.0 Å². The van der Waals surface area contributed by atoms with Gasteiger partial charge < -0.3 is 29.3 Å². The summed E-state index contributed by atoms with van der Waals surface area (Å²) in [6.07, 6.45) is 6.22. The number of aliphatic hydroxyl groups is 1. The molecule has 1 spiro atoms. The van der Waals surface area contributed by atoms with Crippen molar-refractivity contribution in [2.75, 3.05) is 25.1 Å². The first-order valence-corrected chi connectivity index (χ1v) is 18.5. The van der Waals surface area contributed by atoms with Crippen molar-refractivity contribution < 1.29 is 33.8 Å². The Labute approximate surface area is 314 Å². The molecule has 0 aliphatic carbocycles. The van der Waals surface area contributed by atoms with Crippen molar-refractivity contribution in [2.45, 2.75) is 55.7 Å². The van der Waals surface area contributed by atoms with Crippen molar-refractivity contribution in [3.63, 3.8) is 0 Å². The Morgan fingerprint density at radius 2 is 1.56 bits per heavy atom. The number of anilines is 1. The van der Waals surface area contributed by atoms with Crippen LogP contribution in [0.25, 0.3) is 10.8 Å². The van der Waals surface area contributed by atoms with Crippen LogP contribution in [0.3, 0.4) is 0 Å². The monoisotopic (exact) mass is 725 g/mol. The fraction of sp³-hybridized carbons (Fsp3) is 0.318. The Kier molecular flexibility index (Phi) is 9.41. The zero-order chi connectivity index (χ0) is 37.6. The molecule has 0 aromatic heterocycles. The SMILES string of the molecule is C[C@@H]1[C@@H](c2ccccc2)OC(=O)[C@@H]2[C@@H]3C=C[C@]4(O3)[C@H](C(=O)N(c3ccc5ccccc5c3)C/C=C\CCC(=O)N1C)N([C@H](CO)c1ccccc1)C(=O)[C@@H]24. The number of carbonyl (C=O) groups excluding carboxylic acids is 4. The molecule has 2 saturated heterocycles. The summed E-state index contributed by atoms with van der Waals surface area (Å²) >= 11 is 0. The Hall–Kier alpha value is -5.58. The van der Waals surface area contributed by atoms with Gasteiger partial charge in [0.2, 0.25) is 11.8 Å². The van der Waals surface area contributed by atoms with E-state index in [1.165, 1.54) is 4.90 Å². The van der Waals surface area contributed by atoms with E-state index in [2.05, 4.69) is 0 Å².